The predicted octanol–water partition coefficient (Wildman–Crippen LogP) is 2.76. The van der Waals surface area contributed by atoms with E-state index in [4.69, 9.17) is 23.7 Å². The van der Waals surface area contributed by atoms with E-state index in [0.717, 1.165) is 0 Å². The fourth-order valence-electron chi connectivity index (χ4n) is 4.08. The summed E-state index contributed by atoms with van der Waals surface area (Å²) in [5, 5.41) is 19.8. The summed E-state index contributed by atoms with van der Waals surface area (Å²) in [5.41, 5.74) is 4.45. The van der Waals surface area contributed by atoms with E-state index in [2.05, 4.69) is 48.5 Å². The van der Waals surface area contributed by atoms with E-state index in [9.17, 15) is 19.5 Å². The first-order valence-corrected chi connectivity index (χ1v) is 14.6. The highest BCUT2D eigenvalue weighted by atomic mass is 127. The van der Waals surface area contributed by atoms with E-state index in [0.29, 0.717) is 56.6 Å². The minimum absolute atomic E-state index is 0.185. The zero-order valence-corrected chi connectivity index (χ0v) is 27.1. The second kappa shape index (κ2) is 16.6. The minimum Gasteiger partial charge on any atom is -0.490 e. The second-order valence-electron chi connectivity index (χ2n) is 9.04. The molecule has 14 nitrogen and oxygen atoms in total. The maximum atomic E-state index is 12.4. The summed E-state index contributed by atoms with van der Waals surface area (Å²) in [6.07, 6.45) is 0.300. The lowest BCUT2D eigenvalue weighted by molar-refractivity contribution is -0.143. The molecule has 0 spiro atoms. The van der Waals surface area contributed by atoms with Gasteiger partial charge in [-0.25, -0.2) is 14.4 Å². The van der Waals surface area contributed by atoms with Crippen molar-refractivity contribution in [2.24, 2.45) is 5.10 Å². The maximum Gasteiger partial charge on any atom is 0.343 e. The monoisotopic (exact) mass is 726 g/mol. The predicted molar refractivity (Wildman–Crippen MR) is 167 cm³/mol. The van der Waals surface area contributed by atoms with Crippen LogP contribution in [-0.4, -0.2) is 76.2 Å². The van der Waals surface area contributed by atoms with Gasteiger partial charge in [-0.2, -0.15) is 5.10 Å². The smallest absolute Gasteiger partial charge is 0.343 e. The normalized spacial score (nSPS) is 15.2. The molecule has 4 N–H and O–H groups in total. The summed E-state index contributed by atoms with van der Waals surface area (Å²) in [5.74, 6) is 0.410. The maximum absolute atomic E-state index is 12.4. The first-order chi connectivity index (χ1) is 21.1. The Labute approximate surface area is 268 Å². The molecule has 238 valence electrons. The highest BCUT2D eigenvalue weighted by Gasteiger charge is 2.32. The molecule has 0 fully saturated rings. The number of ether oxygens (including phenoxy) is 6. The average Bonchev–Trinajstić information content (AvgIpc) is 2.99. The van der Waals surface area contributed by atoms with Crippen molar-refractivity contribution in [2.75, 3.05) is 40.6 Å². The first kappa shape index (κ1) is 34.2. The molecule has 44 heavy (non-hydrogen) atoms. The number of carbonyl (C=O) groups is 3. The second-order valence-corrected chi connectivity index (χ2v) is 10.2. The van der Waals surface area contributed by atoms with Gasteiger partial charge in [0.15, 0.2) is 35.8 Å². The van der Waals surface area contributed by atoms with Crippen LogP contribution in [0.1, 0.15) is 37.9 Å². The Morgan fingerprint density at radius 1 is 1.05 bits per heavy atom. The number of allylic oxidation sites excluding steroid dienone is 1. The number of benzene rings is 2. The van der Waals surface area contributed by atoms with Gasteiger partial charge in [0.1, 0.15) is 6.61 Å². The zero-order valence-electron chi connectivity index (χ0n) is 24.9. The molecule has 2 aromatic rings. The quantitative estimate of drug-likeness (QED) is 0.0699. The average molecular weight is 727 g/mol. The molecule has 0 aliphatic carbocycles. The molecule has 0 saturated heterocycles. The Balaban J connectivity index is 1.68. The number of urea groups is 1. The number of aliphatic hydroxyl groups excluding tert-OH is 1. The van der Waals surface area contributed by atoms with Gasteiger partial charge in [-0.1, -0.05) is 6.07 Å². The largest absolute Gasteiger partial charge is 0.490 e. The third-order valence-corrected chi connectivity index (χ3v) is 6.80. The van der Waals surface area contributed by atoms with E-state index >= 15 is 0 Å². The van der Waals surface area contributed by atoms with Gasteiger partial charge in [0.25, 0.3) is 0 Å². The zero-order chi connectivity index (χ0) is 32.2. The van der Waals surface area contributed by atoms with Crippen molar-refractivity contribution in [1.82, 2.24) is 16.1 Å². The highest BCUT2D eigenvalue weighted by Crippen LogP contribution is 2.35. The van der Waals surface area contributed by atoms with Crippen molar-refractivity contribution in [2.45, 2.75) is 33.0 Å². The van der Waals surface area contributed by atoms with Crippen LogP contribution < -0.4 is 35.0 Å². The number of rotatable bonds is 15. The van der Waals surface area contributed by atoms with Crippen LogP contribution in [0.15, 0.2) is 46.7 Å². The Morgan fingerprint density at radius 3 is 2.45 bits per heavy atom. The van der Waals surface area contributed by atoms with Gasteiger partial charge >= 0.3 is 18.0 Å². The van der Waals surface area contributed by atoms with Crippen molar-refractivity contribution in [1.29, 1.82) is 0 Å². The van der Waals surface area contributed by atoms with Crippen molar-refractivity contribution in [3.8, 4) is 23.0 Å². The summed E-state index contributed by atoms with van der Waals surface area (Å²) in [7, 11) is 2.54. The number of aliphatic hydroxyl groups is 1. The molecule has 2 atom stereocenters. The lowest BCUT2D eigenvalue weighted by atomic mass is 9.95. The summed E-state index contributed by atoms with van der Waals surface area (Å²) in [6, 6.07) is 7.18. The fraction of sp³-hybridized carbons (Fsp3) is 0.379. The molecule has 1 heterocycles. The van der Waals surface area contributed by atoms with E-state index < -0.39 is 30.2 Å². The van der Waals surface area contributed by atoms with Crippen LogP contribution in [0.25, 0.3) is 0 Å². The highest BCUT2D eigenvalue weighted by molar-refractivity contribution is 14.1. The number of hydrogen-bond donors (Lipinski definition) is 4. The van der Waals surface area contributed by atoms with Crippen LogP contribution in [0.2, 0.25) is 0 Å². The van der Waals surface area contributed by atoms with Crippen LogP contribution in [0.4, 0.5) is 4.79 Å². The Kier molecular flexibility index (Phi) is 12.9. The number of nitrogens with zero attached hydrogens (tertiary/aromatic N) is 1. The molecule has 0 aromatic heterocycles. The minimum atomic E-state index is -1.19. The van der Waals surface area contributed by atoms with Crippen LogP contribution in [0.5, 0.6) is 23.0 Å². The molecule has 2 aromatic carbocycles. The van der Waals surface area contributed by atoms with E-state index in [1.807, 2.05) is 6.92 Å². The van der Waals surface area contributed by atoms with Gasteiger partial charge in [-0.05, 0) is 78.8 Å². The van der Waals surface area contributed by atoms with Gasteiger partial charge in [0.2, 0.25) is 0 Å². The Morgan fingerprint density at radius 2 is 1.77 bits per heavy atom. The lowest BCUT2D eigenvalue weighted by Gasteiger charge is -2.28. The molecule has 0 bridgehead atoms. The van der Waals surface area contributed by atoms with Gasteiger partial charge in [-0.3, -0.25) is 5.43 Å². The molecule has 15 heteroatoms. The van der Waals surface area contributed by atoms with Gasteiger partial charge < -0.3 is 44.2 Å². The fourth-order valence-corrected chi connectivity index (χ4v) is 4.86. The van der Waals surface area contributed by atoms with Crippen molar-refractivity contribution in [3.05, 3.63) is 56.3 Å². The van der Waals surface area contributed by atoms with Crippen LogP contribution in [0.3, 0.4) is 0 Å². The topological polar surface area (TPSA) is 175 Å². The van der Waals surface area contributed by atoms with Crippen molar-refractivity contribution >= 4 is 46.8 Å². The molecule has 3 rings (SSSR count). The van der Waals surface area contributed by atoms with E-state index in [1.54, 1.807) is 44.2 Å². The molecule has 1 aliphatic heterocycles. The van der Waals surface area contributed by atoms with Crippen LogP contribution in [-0.2, 0) is 19.1 Å². The van der Waals surface area contributed by atoms with Crippen molar-refractivity contribution in [3.63, 3.8) is 0 Å². The Bertz CT molecular complexity index is 1410. The molecule has 0 radical (unpaired) electrons. The first-order valence-electron chi connectivity index (χ1n) is 13.5. The number of methoxy groups -OCH3 is 2. The molecule has 0 unspecified atom stereocenters. The SMILES string of the molecule is CCOc1cc([C@H]2NC(=O)NC(C)=C2C(=O)OC)ccc1OC[C@@H](O)N/N=C\c1cc(I)c(OCC(=O)OC)c(OCC)c1. The van der Waals surface area contributed by atoms with Gasteiger partial charge in [0, 0.05) is 5.70 Å². The number of halogens is 1. The molecular formula is C29H35IN4O10. The summed E-state index contributed by atoms with van der Waals surface area (Å²) >= 11 is 2.06. The molecular weight excluding hydrogens is 691 g/mol. The molecule has 0 saturated carbocycles. The lowest BCUT2D eigenvalue weighted by Crippen LogP contribution is -2.45. The van der Waals surface area contributed by atoms with E-state index in [-0.39, 0.29) is 18.8 Å². The number of carbonyl (C=O) groups excluding carboxylic acids is 3. The summed E-state index contributed by atoms with van der Waals surface area (Å²) < 4.78 is 33.0. The third-order valence-electron chi connectivity index (χ3n) is 6.00. The van der Waals surface area contributed by atoms with Gasteiger partial charge in [-0.15, -0.1) is 0 Å². The number of nitrogens with one attached hydrogen (secondary N) is 3. The number of hydrazone groups is 1. The molecule has 2 amide bonds. The van der Waals surface area contributed by atoms with Gasteiger partial charge in [0.05, 0.1) is 48.8 Å². The number of esters is 2. The standard InChI is InChI=1S/C29H35IN4O10/c1-6-41-21-12-18(26-25(28(37)40-5)16(3)32-29(38)33-26)8-9-20(21)43-14-23(35)34-31-13-17-10-19(30)27(22(11-17)42-7-2)44-15-24(36)39-4/h8-13,23,26,34-35H,6-7,14-15H2,1-5H3,(H2,32,33,38)/b31-13-/t23-,26-/m1/s1. The van der Waals surface area contributed by atoms with Crippen LogP contribution >= 0.6 is 22.6 Å². The summed E-state index contributed by atoms with van der Waals surface area (Å²) in [4.78, 5) is 36.1. The summed E-state index contributed by atoms with van der Waals surface area (Å²) in [6.45, 7) is 5.48. The third kappa shape index (κ3) is 9.12. The number of hydrogen-bond acceptors (Lipinski definition) is 12. The van der Waals surface area contributed by atoms with E-state index in [1.165, 1.54) is 20.4 Å². The Hall–Kier alpha value is -4.25. The number of amides is 2. The van der Waals surface area contributed by atoms with Crippen molar-refractivity contribution < 1.29 is 47.9 Å². The van der Waals surface area contributed by atoms with Crippen LogP contribution in [0, 0.1) is 3.57 Å². The molecule has 1 aliphatic rings.